The number of nitrogens with zero attached hydrogens (tertiary/aromatic N) is 3. The molecule has 140 valence electrons. The van der Waals surface area contributed by atoms with Crippen LogP contribution in [0, 0.1) is 6.92 Å². The summed E-state index contributed by atoms with van der Waals surface area (Å²) in [5, 5.41) is 1.31. The maximum absolute atomic E-state index is 5.96. The SMILES string of the molecule is Cc1nc(N(CC2CCCO2)CC2CCCO2)c2c3c(sc2n1)CCC3. The number of aryl methyl sites for hydroxylation is 3. The second-order valence-electron chi connectivity index (χ2n) is 7.81. The van der Waals surface area contributed by atoms with E-state index in [4.69, 9.17) is 19.4 Å². The first-order chi connectivity index (χ1) is 12.8. The Bertz CT molecular complexity index is 776. The molecule has 0 radical (unpaired) electrons. The average Bonchev–Trinajstić information content (AvgIpc) is 3.38. The van der Waals surface area contributed by atoms with Crippen LogP contribution in [0.15, 0.2) is 0 Å². The Balaban J connectivity index is 1.55. The van der Waals surface area contributed by atoms with Crippen molar-refractivity contribution in [3.63, 3.8) is 0 Å². The Morgan fingerprint density at radius 2 is 1.73 bits per heavy atom. The van der Waals surface area contributed by atoms with Crippen molar-refractivity contribution < 1.29 is 9.47 Å². The summed E-state index contributed by atoms with van der Waals surface area (Å²) in [5.41, 5.74) is 1.50. The van der Waals surface area contributed by atoms with E-state index in [2.05, 4.69) is 4.90 Å². The van der Waals surface area contributed by atoms with Gasteiger partial charge in [-0.1, -0.05) is 0 Å². The number of thiophene rings is 1. The lowest BCUT2D eigenvalue weighted by Gasteiger charge is -2.29. The van der Waals surface area contributed by atoms with Crippen molar-refractivity contribution in [2.24, 2.45) is 0 Å². The molecule has 2 atom stereocenters. The first-order valence-electron chi connectivity index (χ1n) is 10.0. The standard InChI is InChI=1S/C20H27N3O2S/c1-13-21-19(18-16-7-2-8-17(16)26-20(18)22-13)23(11-14-5-3-9-24-14)12-15-6-4-10-25-15/h14-15H,2-12H2,1H3. The van der Waals surface area contributed by atoms with Gasteiger partial charge in [0, 0.05) is 31.2 Å². The third-order valence-electron chi connectivity index (χ3n) is 5.85. The van der Waals surface area contributed by atoms with Crippen LogP contribution in [0.2, 0.25) is 0 Å². The van der Waals surface area contributed by atoms with Gasteiger partial charge < -0.3 is 14.4 Å². The summed E-state index contributed by atoms with van der Waals surface area (Å²) >= 11 is 1.88. The fourth-order valence-corrected chi connectivity index (χ4v) is 5.93. The topological polar surface area (TPSA) is 47.5 Å². The molecule has 4 heterocycles. The van der Waals surface area contributed by atoms with E-state index in [0.29, 0.717) is 12.2 Å². The Morgan fingerprint density at radius 1 is 1.00 bits per heavy atom. The third-order valence-corrected chi connectivity index (χ3v) is 7.04. The minimum atomic E-state index is 0.313. The third kappa shape index (κ3) is 3.12. The fourth-order valence-electron chi connectivity index (χ4n) is 4.62. The minimum Gasteiger partial charge on any atom is -0.376 e. The van der Waals surface area contributed by atoms with Crippen LogP contribution in [-0.2, 0) is 22.3 Å². The molecule has 6 heteroatoms. The molecule has 2 saturated heterocycles. The zero-order valence-electron chi connectivity index (χ0n) is 15.5. The molecule has 2 aromatic heterocycles. The average molecular weight is 374 g/mol. The normalized spacial score (nSPS) is 25.3. The van der Waals surface area contributed by atoms with Gasteiger partial charge in [0.1, 0.15) is 16.5 Å². The van der Waals surface area contributed by atoms with Crippen LogP contribution in [0.1, 0.15) is 48.4 Å². The monoisotopic (exact) mass is 373 g/mol. The molecular formula is C20H27N3O2S. The highest BCUT2D eigenvalue weighted by Gasteiger charge is 2.29. The van der Waals surface area contributed by atoms with E-state index in [9.17, 15) is 0 Å². The quantitative estimate of drug-likeness (QED) is 0.801. The number of aromatic nitrogens is 2. The van der Waals surface area contributed by atoms with Crippen molar-refractivity contribution in [1.29, 1.82) is 0 Å². The second-order valence-corrected chi connectivity index (χ2v) is 8.89. The van der Waals surface area contributed by atoms with E-state index in [1.807, 2.05) is 18.3 Å². The lowest BCUT2D eigenvalue weighted by atomic mass is 10.1. The number of hydrogen-bond acceptors (Lipinski definition) is 6. The van der Waals surface area contributed by atoms with Gasteiger partial charge in [-0.2, -0.15) is 0 Å². The highest BCUT2D eigenvalue weighted by molar-refractivity contribution is 7.19. The van der Waals surface area contributed by atoms with E-state index in [1.165, 1.54) is 52.8 Å². The summed E-state index contributed by atoms with van der Waals surface area (Å²) < 4.78 is 11.9. The van der Waals surface area contributed by atoms with Gasteiger partial charge in [-0.25, -0.2) is 9.97 Å². The maximum atomic E-state index is 5.96. The van der Waals surface area contributed by atoms with Gasteiger partial charge in [-0.15, -0.1) is 11.3 Å². The highest BCUT2D eigenvalue weighted by Crippen LogP contribution is 2.41. The minimum absolute atomic E-state index is 0.313. The van der Waals surface area contributed by atoms with Crippen LogP contribution < -0.4 is 4.90 Å². The lowest BCUT2D eigenvalue weighted by Crippen LogP contribution is -2.38. The molecule has 5 rings (SSSR count). The zero-order chi connectivity index (χ0) is 17.5. The van der Waals surface area contributed by atoms with Crippen molar-refractivity contribution >= 4 is 27.4 Å². The maximum Gasteiger partial charge on any atom is 0.141 e. The summed E-state index contributed by atoms with van der Waals surface area (Å²) in [6.45, 7) is 5.63. The largest absolute Gasteiger partial charge is 0.376 e. The van der Waals surface area contributed by atoms with Crippen molar-refractivity contribution in [1.82, 2.24) is 9.97 Å². The summed E-state index contributed by atoms with van der Waals surface area (Å²) in [4.78, 5) is 14.9. The highest BCUT2D eigenvalue weighted by atomic mass is 32.1. The Morgan fingerprint density at radius 3 is 2.38 bits per heavy atom. The molecule has 2 aliphatic heterocycles. The number of hydrogen-bond donors (Lipinski definition) is 0. The Kier molecular flexibility index (Phi) is 4.59. The summed E-state index contributed by atoms with van der Waals surface area (Å²) in [5.74, 6) is 2.00. The van der Waals surface area contributed by atoms with Crippen LogP contribution in [-0.4, -0.2) is 48.5 Å². The van der Waals surface area contributed by atoms with Gasteiger partial charge in [-0.3, -0.25) is 0 Å². The van der Waals surface area contributed by atoms with Crippen LogP contribution in [0.4, 0.5) is 5.82 Å². The van der Waals surface area contributed by atoms with Crippen LogP contribution in [0.5, 0.6) is 0 Å². The summed E-state index contributed by atoms with van der Waals surface area (Å²) in [6.07, 6.45) is 8.90. The Hall–Kier alpha value is -1.24. The van der Waals surface area contributed by atoms with Crippen molar-refractivity contribution in [2.45, 2.75) is 64.1 Å². The van der Waals surface area contributed by atoms with E-state index in [1.54, 1.807) is 0 Å². The molecule has 2 aromatic rings. The predicted octanol–water partition coefficient (Wildman–Crippen LogP) is 3.65. The van der Waals surface area contributed by atoms with Gasteiger partial charge in [-0.05, 0) is 57.4 Å². The van der Waals surface area contributed by atoms with Crippen molar-refractivity contribution in [2.75, 3.05) is 31.2 Å². The molecule has 0 amide bonds. The second kappa shape index (κ2) is 7.06. The fraction of sp³-hybridized carbons (Fsp3) is 0.700. The van der Waals surface area contributed by atoms with E-state index in [-0.39, 0.29) is 0 Å². The molecule has 0 bridgehead atoms. The van der Waals surface area contributed by atoms with Crippen molar-refractivity contribution in [3.05, 3.63) is 16.3 Å². The first kappa shape index (κ1) is 16.9. The zero-order valence-corrected chi connectivity index (χ0v) is 16.3. The molecule has 1 aliphatic carbocycles. The van der Waals surface area contributed by atoms with Crippen molar-refractivity contribution in [3.8, 4) is 0 Å². The molecule has 0 N–H and O–H groups in total. The molecule has 5 nitrogen and oxygen atoms in total. The van der Waals surface area contributed by atoms with Crippen LogP contribution in [0.3, 0.4) is 0 Å². The van der Waals surface area contributed by atoms with Gasteiger partial charge in [0.2, 0.25) is 0 Å². The first-order valence-corrected chi connectivity index (χ1v) is 10.9. The molecule has 26 heavy (non-hydrogen) atoms. The van der Waals surface area contributed by atoms with Gasteiger partial charge in [0.15, 0.2) is 0 Å². The van der Waals surface area contributed by atoms with Crippen LogP contribution in [0.25, 0.3) is 10.2 Å². The summed E-state index contributed by atoms with van der Waals surface area (Å²) in [7, 11) is 0. The Labute approximate surface area is 158 Å². The molecule has 0 aromatic carbocycles. The van der Waals surface area contributed by atoms with Gasteiger partial charge >= 0.3 is 0 Å². The molecule has 0 spiro atoms. The number of ether oxygens (including phenoxy) is 2. The van der Waals surface area contributed by atoms with E-state index in [0.717, 1.165) is 50.8 Å². The van der Waals surface area contributed by atoms with Gasteiger partial charge in [0.25, 0.3) is 0 Å². The van der Waals surface area contributed by atoms with E-state index < -0.39 is 0 Å². The number of anilines is 1. The number of rotatable bonds is 5. The number of fused-ring (bicyclic) bond motifs is 3. The lowest BCUT2D eigenvalue weighted by molar-refractivity contribution is 0.0997. The summed E-state index contributed by atoms with van der Waals surface area (Å²) in [6, 6.07) is 0. The molecule has 2 fully saturated rings. The smallest absolute Gasteiger partial charge is 0.141 e. The molecule has 2 unspecified atom stereocenters. The van der Waals surface area contributed by atoms with Crippen LogP contribution >= 0.6 is 11.3 Å². The van der Waals surface area contributed by atoms with Gasteiger partial charge in [0.05, 0.1) is 17.6 Å². The molecular weight excluding hydrogens is 346 g/mol. The molecule has 0 saturated carbocycles. The van der Waals surface area contributed by atoms with E-state index >= 15 is 0 Å². The predicted molar refractivity (Wildman–Crippen MR) is 104 cm³/mol. The molecule has 3 aliphatic rings.